The number of anilines is 1. The van der Waals surface area contributed by atoms with Crippen molar-refractivity contribution in [1.82, 2.24) is 9.21 Å². The molecular formula is C24H31N3O3S2. The van der Waals surface area contributed by atoms with E-state index in [0.29, 0.717) is 37.3 Å². The Balaban J connectivity index is 1.31. The van der Waals surface area contributed by atoms with Crippen molar-refractivity contribution < 1.29 is 13.2 Å². The third-order valence-electron chi connectivity index (χ3n) is 6.97. The van der Waals surface area contributed by atoms with Crippen molar-refractivity contribution in [3.8, 4) is 0 Å². The molecule has 8 heteroatoms. The van der Waals surface area contributed by atoms with Gasteiger partial charge in [0.05, 0.1) is 11.4 Å². The van der Waals surface area contributed by atoms with Crippen LogP contribution in [0.1, 0.15) is 54.1 Å². The largest absolute Gasteiger partial charge is 0.325 e. The maximum absolute atomic E-state index is 13.1. The van der Waals surface area contributed by atoms with E-state index in [1.807, 2.05) is 18.3 Å². The van der Waals surface area contributed by atoms with Crippen molar-refractivity contribution in [2.45, 2.75) is 56.4 Å². The minimum atomic E-state index is -3.53. The number of piperidine rings is 1. The van der Waals surface area contributed by atoms with Crippen LogP contribution in [0.15, 0.2) is 34.5 Å². The van der Waals surface area contributed by atoms with Gasteiger partial charge in [-0.2, -0.15) is 4.31 Å². The number of carbonyl (C=O) groups excluding carboxylic acids is 1. The average molecular weight is 474 g/mol. The summed E-state index contributed by atoms with van der Waals surface area (Å²) in [5, 5.41) is 5.18. The van der Waals surface area contributed by atoms with Gasteiger partial charge in [0.15, 0.2) is 0 Å². The minimum Gasteiger partial charge on any atom is -0.325 e. The molecule has 0 spiro atoms. The van der Waals surface area contributed by atoms with Crippen molar-refractivity contribution in [1.29, 1.82) is 0 Å². The first-order chi connectivity index (χ1) is 15.4. The lowest BCUT2D eigenvalue weighted by Crippen LogP contribution is -2.41. The molecule has 2 fully saturated rings. The first-order valence-corrected chi connectivity index (χ1v) is 14.0. The van der Waals surface area contributed by atoms with E-state index >= 15 is 0 Å². The number of aryl methyl sites for hydroxylation is 1. The van der Waals surface area contributed by atoms with E-state index in [2.05, 4.69) is 21.7 Å². The molecule has 1 atom stereocenters. The van der Waals surface area contributed by atoms with Gasteiger partial charge in [-0.3, -0.25) is 9.69 Å². The molecule has 1 aromatic heterocycles. The minimum absolute atomic E-state index is 0.0787. The summed E-state index contributed by atoms with van der Waals surface area (Å²) >= 11 is 1.83. The topological polar surface area (TPSA) is 69.7 Å². The second-order valence-electron chi connectivity index (χ2n) is 9.29. The van der Waals surface area contributed by atoms with Gasteiger partial charge >= 0.3 is 0 Å². The number of thiophene rings is 1. The third-order valence-corrected chi connectivity index (χ3v) is 9.86. The summed E-state index contributed by atoms with van der Waals surface area (Å²) in [6.45, 7) is 4.27. The number of nitrogens with one attached hydrogen (secondary N) is 1. The molecule has 0 unspecified atom stereocenters. The lowest BCUT2D eigenvalue weighted by molar-refractivity contribution is -0.118. The molecule has 32 heavy (non-hydrogen) atoms. The van der Waals surface area contributed by atoms with Crippen LogP contribution in [-0.4, -0.2) is 49.7 Å². The Morgan fingerprint density at radius 2 is 1.91 bits per heavy atom. The zero-order valence-corrected chi connectivity index (χ0v) is 20.2. The van der Waals surface area contributed by atoms with E-state index in [0.717, 1.165) is 37.8 Å². The number of fused-ring (bicyclic) bond motifs is 1. The predicted molar refractivity (Wildman–Crippen MR) is 127 cm³/mol. The predicted octanol–water partition coefficient (Wildman–Crippen LogP) is 4.18. The molecule has 1 N–H and O–H groups in total. The van der Waals surface area contributed by atoms with Gasteiger partial charge in [-0.25, -0.2) is 8.42 Å². The molecule has 1 aliphatic carbocycles. The summed E-state index contributed by atoms with van der Waals surface area (Å²) in [6, 6.07) is 7.64. The van der Waals surface area contributed by atoms with Crippen molar-refractivity contribution in [2.75, 3.05) is 31.5 Å². The fraction of sp³-hybridized carbons (Fsp3) is 0.542. The highest BCUT2D eigenvalue weighted by Gasteiger charge is 2.40. The van der Waals surface area contributed by atoms with Crippen LogP contribution in [0.3, 0.4) is 0 Å². The molecular weight excluding hydrogens is 442 g/mol. The first-order valence-electron chi connectivity index (χ1n) is 11.6. The normalized spacial score (nSPS) is 22.5. The Labute approximate surface area is 194 Å². The van der Waals surface area contributed by atoms with Crippen LogP contribution in [0.4, 0.5) is 5.69 Å². The zero-order chi connectivity index (χ0) is 22.3. The van der Waals surface area contributed by atoms with Gasteiger partial charge < -0.3 is 5.32 Å². The van der Waals surface area contributed by atoms with Crippen LogP contribution < -0.4 is 5.32 Å². The van der Waals surface area contributed by atoms with Gasteiger partial charge in [0, 0.05) is 36.2 Å². The highest BCUT2D eigenvalue weighted by atomic mass is 32.2. The van der Waals surface area contributed by atoms with Crippen molar-refractivity contribution in [2.24, 2.45) is 5.92 Å². The van der Waals surface area contributed by atoms with Gasteiger partial charge in [-0.15, -0.1) is 11.3 Å². The number of benzene rings is 1. The number of nitrogens with zero attached hydrogens (tertiary/aromatic N) is 2. The van der Waals surface area contributed by atoms with Gasteiger partial charge in [0.25, 0.3) is 0 Å². The average Bonchev–Trinajstić information content (AvgIpc) is 3.51. The van der Waals surface area contributed by atoms with E-state index < -0.39 is 10.0 Å². The molecule has 1 saturated carbocycles. The fourth-order valence-corrected chi connectivity index (χ4v) is 7.52. The molecule has 2 aromatic rings. The Bertz CT molecular complexity index is 1100. The van der Waals surface area contributed by atoms with E-state index in [9.17, 15) is 13.2 Å². The number of amides is 1. The van der Waals surface area contributed by atoms with Crippen LogP contribution in [0, 0.1) is 12.8 Å². The molecule has 3 heterocycles. The molecule has 1 aromatic carbocycles. The highest BCUT2D eigenvalue weighted by molar-refractivity contribution is 7.89. The summed E-state index contributed by atoms with van der Waals surface area (Å²) in [6.07, 6.45) is 6.33. The van der Waals surface area contributed by atoms with Crippen molar-refractivity contribution in [3.05, 3.63) is 45.6 Å². The summed E-state index contributed by atoms with van der Waals surface area (Å²) in [4.78, 5) is 17.1. The maximum atomic E-state index is 13.1. The number of sulfonamides is 1. The molecule has 172 valence electrons. The summed E-state index contributed by atoms with van der Waals surface area (Å²) < 4.78 is 27.7. The highest BCUT2D eigenvalue weighted by Crippen LogP contribution is 2.48. The van der Waals surface area contributed by atoms with Crippen molar-refractivity contribution >= 4 is 33.0 Å². The Hall–Kier alpha value is -1.74. The number of hydrogen-bond donors (Lipinski definition) is 1. The quantitative estimate of drug-likeness (QED) is 0.683. The van der Waals surface area contributed by atoms with Crippen LogP contribution in [0.5, 0.6) is 0 Å². The van der Waals surface area contributed by atoms with Crippen LogP contribution in [-0.2, 0) is 21.2 Å². The van der Waals surface area contributed by atoms with E-state index in [1.165, 1.54) is 23.3 Å². The fourth-order valence-electron chi connectivity index (χ4n) is 5.06. The van der Waals surface area contributed by atoms with Crippen LogP contribution >= 0.6 is 11.3 Å². The maximum Gasteiger partial charge on any atom is 0.243 e. The molecule has 0 radical (unpaired) electrons. The zero-order valence-electron chi connectivity index (χ0n) is 18.5. The second kappa shape index (κ2) is 8.89. The van der Waals surface area contributed by atoms with Crippen molar-refractivity contribution in [3.63, 3.8) is 0 Å². The SMILES string of the molecule is Cc1ccc(S(=O)(=O)N2CCCCC2)cc1NC(=O)CN1CCc2sccc2[C@H]1C1CC1. The Morgan fingerprint density at radius 3 is 2.66 bits per heavy atom. The number of carbonyl (C=O) groups is 1. The van der Waals surface area contributed by atoms with Gasteiger partial charge in [0.2, 0.25) is 15.9 Å². The molecule has 6 nitrogen and oxygen atoms in total. The van der Waals surface area contributed by atoms with Gasteiger partial charge in [-0.05, 0) is 79.7 Å². The molecule has 0 bridgehead atoms. The lowest BCUT2D eigenvalue weighted by atomic mass is 9.96. The van der Waals surface area contributed by atoms with Gasteiger partial charge in [-0.1, -0.05) is 12.5 Å². The smallest absolute Gasteiger partial charge is 0.243 e. The molecule has 1 saturated heterocycles. The van der Waals surface area contributed by atoms with E-state index in [-0.39, 0.29) is 10.8 Å². The third kappa shape index (κ3) is 4.38. The molecule has 3 aliphatic rings. The molecule has 5 rings (SSSR count). The van der Waals surface area contributed by atoms with Gasteiger partial charge in [0.1, 0.15) is 0 Å². The Morgan fingerprint density at radius 1 is 1.12 bits per heavy atom. The summed E-state index contributed by atoms with van der Waals surface area (Å²) in [5.74, 6) is 0.571. The number of hydrogen-bond acceptors (Lipinski definition) is 5. The standard InChI is InChI=1S/C24H31N3O3S2/c1-17-5-8-19(32(29,30)27-11-3-2-4-12-27)15-21(17)25-23(28)16-26-13-9-22-20(10-14-31-22)24(26)18-6-7-18/h5,8,10,14-15,18,24H,2-4,6-7,9,11-13,16H2,1H3,(H,25,28)/t24-/m1/s1. The first kappa shape index (κ1) is 22.1. The van der Waals surface area contributed by atoms with Crippen LogP contribution in [0.2, 0.25) is 0 Å². The number of rotatable bonds is 6. The van der Waals surface area contributed by atoms with E-state index in [4.69, 9.17) is 0 Å². The van der Waals surface area contributed by atoms with E-state index in [1.54, 1.807) is 22.5 Å². The Kier molecular flexibility index (Phi) is 6.13. The lowest BCUT2D eigenvalue weighted by Gasteiger charge is -2.35. The molecule has 2 aliphatic heterocycles. The monoisotopic (exact) mass is 473 g/mol. The molecule has 1 amide bonds. The second-order valence-corrected chi connectivity index (χ2v) is 12.2. The summed E-state index contributed by atoms with van der Waals surface area (Å²) in [5.41, 5.74) is 2.86. The van der Waals surface area contributed by atoms with Crippen LogP contribution in [0.25, 0.3) is 0 Å². The summed E-state index contributed by atoms with van der Waals surface area (Å²) in [7, 11) is -3.53.